The Labute approximate surface area is 229 Å². The van der Waals surface area contributed by atoms with Crippen molar-refractivity contribution < 1.29 is 5.11 Å². The molecular formula is C31H26N8O. The van der Waals surface area contributed by atoms with E-state index < -0.39 is 11.1 Å². The molecule has 3 N–H and O–H groups in total. The standard InChI is InChI=1S/C31H26N8O/c32-30(16-31(40,17-30)23-10-11-23)22-8-6-20(7-9-22)26-27(19-4-2-1-3-5-19)36-29-24(35-26)12-13-25-37-38-28(39(25)29)21-14-33-18-34-15-21/h1-9,12-15,18,23,40H,10-11,16-17,32H2/t30-,31-. The average Bonchev–Trinajstić information content (AvgIpc) is 3.76. The Bertz CT molecular complexity index is 1880. The third kappa shape index (κ3) is 3.62. The summed E-state index contributed by atoms with van der Waals surface area (Å²) >= 11 is 0. The third-order valence-corrected chi connectivity index (χ3v) is 8.37. The fourth-order valence-electron chi connectivity index (χ4n) is 6.20. The minimum absolute atomic E-state index is 0.414. The van der Waals surface area contributed by atoms with Gasteiger partial charge in [-0.3, -0.25) is 4.40 Å². The van der Waals surface area contributed by atoms with Gasteiger partial charge in [0, 0.05) is 29.1 Å². The highest BCUT2D eigenvalue weighted by molar-refractivity contribution is 5.87. The third-order valence-electron chi connectivity index (χ3n) is 8.37. The molecule has 0 atom stereocenters. The van der Waals surface area contributed by atoms with Crippen LogP contribution in [0.3, 0.4) is 0 Å². The van der Waals surface area contributed by atoms with Crippen LogP contribution in [0.25, 0.3) is 50.7 Å². The van der Waals surface area contributed by atoms with E-state index >= 15 is 0 Å². The number of rotatable bonds is 5. The van der Waals surface area contributed by atoms with Gasteiger partial charge < -0.3 is 10.8 Å². The number of benzene rings is 2. The summed E-state index contributed by atoms with van der Waals surface area (Å²) in [5.41, 5.74) is 12.9. The number of pyridine rings is 1. The molecular weight excluding hydrogens is 500 g/mol. The van der Waals surface area contributed by atoms with Crippen LogP contribution in [0, 0.1) is 5.92 Å². The Kier molecular flexibility index (Phi) is 4.92. The highest BCUT2D eigenvalue weighted by Gasteiger charge is 2.58. The molecule has 2 aliphatic rings. The first-order valence-corrected chi connectivity index (χ1v) is 13.5. The molecule has 196 valence electrons. The summed E-state index contributed by atoms with van der Waals surface area (Å²) in [6.07, 6.45) is 8.34. The second kappa shape index (κ2) is 8.45. The second-order valence-electron chi connectivity index (χ2n) is 11.1. The van der Waals surface area contributed by atoms with Crippen molar-refractivity contribution in [1.82, 2.24) is 34.5 Å². The zero-order valence-corrected chi connectivity index (χ0v) is 21.6. The Hall–Kier alpha value is -4.60. The van der Waals surface area contributed by atoms with E-state index in [1.54, 1.807) is 12.4 Å². The maximum Gasteiger partial charge on any atom is 0.173 e. The van der Waals surface area contributed by atoms with Crippen LogP contribution in [0.15, 0.2) is 85.5 Å². The lowest BCUT2D eigenvalue weighted by molar-refractivity contribution is -0.106. The van der Waals surface area contributed by atoms with Gasteiger partial charge in [0.25, 0.3) is 0 Å². The largest absolute Gasteiger partial charge is 0.389 e. The average molecular weight is 527 g/mol. The Balaban J connectivity index is 1.27. The lowest BCUT2D eigenvalue weighted by Crippen LogP contribution is -2.60. The second-order valence-corrected chi connectivity index (χ2v) is 11.1. The van der Waals surface area contributed by atoms with Crippen LogP contribution in [-0.2, 0) is 5.54 Å². The number of hydrogen-bond acceptors (Lipinski definition) is 8. The topological polar surface area (TPSA) is 128 Å². The molecule has 0 unspecified atom stereocenters. The first-order chi connectivity index (χ1) is 19.5. The van der Waals surface area contributed by atoms with Crippen LogP contribution in [0.5, 0.6) is 0 Å². The van der Waals surface area contributed by atoms with Gasteiger partial charge in [-0.1, -0.05) is 54.6 Å². The van der Waals surface area contributed by atoms with Crippen LogP contribution in [0.4, 0.5) is 0 Å². The molecule has 0 bridgehead atoms. The zero-order chi connectivity index (χ0) is 26.9. The van der Waals surface area contributed by atoms with Crippen molar-refractivity contribution in [3.05, 3.63) is 91.0 Å². The quantitative estimate of drug-likeness (QED) is 0.335. The van der Waals surface area contributed by atoms with Crippen LogP contribution < -0.4 is 5.73 Å². The molecule has 2 fully saturated rings. The van der Waals surface area contributed by atoms with Crippen molar-refractivity contribution in [2.45, 2.75) is 36.8 Å². The summed E-state index contributed by atoms with van der Waals surface area (Å²) in [6, 6.07) is 22.1. The molecule has 0 radical (unpaired) electrons. The number of aromatic nitrogens is 7. The number of nitrogens with two attached hydrogens (primary N) is 1. The lowest BCUT2D eigenvalue weighted by atomic mass is 9.60. The Morgan fingerprint density at radius 3 is 2.20 bits per heavy atom. The van der Waals surface area contributed by atoms with Crippen molar-refractivity contribution in [1.29, 1.82) is 0 Å². The predicted octanol–water partition coefficient (Wildman–Crippen LogP) is 4.55. The van der Waals surface area contributed by atoms with Gasteiger partial charge in [0.2, 0.25) is 0 Å². The minimum Gasteiger partial charge on any atom is -0.389 e. The minimum atomic E-state index is -0.601. The molecule has 0 amide bonds. The maximum absolute atomic E-state index is 10.9. The number of aliphatic hydroxyl groups is 1. The van der Waals surface area contributed by atoms with E-state index in [1.165, 1.54) is 6.33 Å². The van der Waals surface area contributed by atoms with Crippen molar-refractivity contribution in [3.8, 4) is 33.9 Å². The monoisotopic (exact) mass is 526 g/mol. The molecule has 40 heavy (non-hydrogen) atoms. The molecule has 8 rings (SSSR count). The normalized spacial score (nSPS) is 22.4. The Morgan fingerprint density at radius 2 is 1.48 bits per heavy atom. The van der Waals surface area contributed by atoms with Crippen LogP contribution >= 0.6 is 0 Å². The van der Waals surface area contributed by atoms with Gasteiger partial charge >= 0.3 is 0 Å². The molecule has 2 aromatic carbocycles. The van der Waals surface area contributed by atoms with Crippen molar-refractivity contribution >= 4 is 16.8 Å². The number of nitrogens with zero attached hydrogens (tertiary/aromatic N) is 7. The van der Waals surface area contributed by atoms with Gasteiger partial charge in [0.15, 0.2) is 17.1 Å². The number of fused-ring (bicyclic) bond motifs is 3. The van der Waals surface area contributed by atoms with Crippen molar-refractivity contribution in [2.24, 2.45) is 11.7 Å². The first kappa shape index (κ1) is 23.3. The van der Waals surface area contributed by atoms with E-state index in [1.807, 2.05) is 46.9 Å². The molecule has 2 aliphatic carbocycles. The Morgan fingerprint density at radius 1 is 0.775 bits per heavy atom. The van der Waals surface area contributed by atoms with Crippen molar-refractivity contribution in [2.75, 3.05) is 0 Å². The van der Waals surface area contributed by atoms with Gasteiger partial charge in [0.05, 0.1) is 22.6 Å². The summed E-state index contributed by atoms with van der Waals surface area (Å²) < 4.78 is 1.90. The van der Waals surface area contributed by atoms with Gasteiger partial charge in [-0.15, -0.1) is 10.2 Å². The van der Waals surface area contributed by atoms with Crippen molar-refractivity contribution in [3.63, 3.8) is 0 Å². The fraction of sp³-hybridized carbons (Fsp3) is 0.226. The van der Waals surface area contributed by atoms with E-state index in [2.05, 4.69) is 44.4 Å². The van der Waals surface area contributed by atoms with E-state index in [0.29, 0.717) is 41.4 Å². The summed E-state index contributed by atoms with van der Waals surface area (Å²) in [5, 5.41) is 19.6. The van der Waals surface area contributed by atoms with Crippen LogP contribution in [-0.4, -0.2) is 45.2 Å². The molecule has 0 saturated heterocycles. The molecule has 6 aromatic rings. The highest BCUT2D eigenvalue weighted by atomic mass is 16.3. The van der Waals surface area contributed by atoms with E-state index in [0.717, 1.165) is 46.5 Å². The smallest absolute Gasteiger partial charge is 0.173 e. The molecule has 2 saturated carbocycles. The molecule has 4 heterocycles. The summed E-state index contributed by atoms with van der Waals surface area (Å²) in [4.78, 5) is 18.6. The van der Waals surface area contributed by atoms with Crippen LogP contribution in [0.2, 0.25) is 0 Å². The predicted molar refractivity (Wildman–Crippen MR) is 151 cm³/mol. The molecule has 9 heteroatoms. The SMILES string of the molecule is N[C@]1(c2ccc(-c3nc4ccc5nnc(-c6cncnc6)n5c4nc3-c3ccccc3)cc2)C[C@](O)(C2CC2)C1. The van der Waals surface area contributed by atoms with Gasteiger partial charge in [-0.05, 0) is 49.3 Å². The van der Waals surface area contributed by atoms with Gasteiger partial charge in [-0.25, -0.2) is 19.9 Å². The van der Waals surface area contributed by atoms with Crippen LogP contribution in [0.1, 0.15) is 31.2 Å². The molecule has 0 aliphatic heterocycles. The van der Waals surface area contributed by atoms with Gasteiger partial charge in [-0.2, -0.15) is 0 Å². The zero-order valence-electron chi connectivity index (χ0n) is 21.6. The lowest BCUT2D eigenvalue weighted by Gasteiger charge is -2.52. The summed E-state index contributed by atoms with van der Waals surface area (Å²) in [5.74, 6) is 1.02. The van der Waals surface area contributed by atoms with E-state index in [-0.39, 0.29) is 0 Å². The van der Waals surface area contributed by atoms with E-state index in [9.17, 15) is 5.11 Å². The molecule has 4 aromatic heterocycles. The highest BCUT2D eigenvalue weighted by Crippen LogP contribution is 2.57. The van der Waals surface area contributed by atoms with Gasteiger partial charge in [0.1, 0.15) is 11.8 Å². The number of hydrogen-bond donors (Lipinski definition) is 2. The maximum atomic E-state index is 10.9. The van der Waals surface area contributed by atoms with E-state index in [4.69, 9.17) is 15.7 Å². The molecule has 0 spiro atoms. The summed E-state index contributed by atoms with van der Waals surface area (Å²) in [6.45, 7) is 0. The fourth-order valence-corrected chi connectivity index (χ4v) is 6.20. The molecule has 9 nitrogen and oxygen atoms in total. The first-order valence-electron chi connectivity index (χ1n) is 13.5. The summed E-state index contributed by atoms with van der Waals surface area (Å²) in [7, 11) is 0.